The van der Waals surface area contributed by atoms with Crippen molar-refractivity contribution in [3.8, 4) is 0 Å². The molecule has 0 spiro atoms. The minimum Gasteiger partial charge on any atom is -0.332 e. The van der Waals surface area contributed by atoms with Gasteiger partial charge in [-0.1, -0.05) is 6.07 Å². The molecule has 0 aliphatic heterocycles. The van der Waals surface area contributed by atoms with Gasteiger partial charge >= 0.3 is 0 Å². The molecule has 1 amide bonds. The highest BCUT2D eigenvalue weighted by atomic mass is 32.2. The zero-order valence-corrected chi connectivity index (χ0v) is 19.8. The lowest BCUT2D eigenvalue weighted by atomic mass is 10.1. The van der Waals surface area contributed by atoms with Gasteiger partial charge in [0.05, 0.1) is 5.75 Å². The number of anilines is 3. The van der Waals surface area contributed by atoms with E-state index in [1.165, 1.54) is 25.6 Å². The highest BCUT2D eigenvalue weighted by molar-refractivity contribution is 8.00. The fraction of sp³-hybridized carbons (Fsp3) is 0.120. The lowest BCUT2D eigenvalue weighted by Crippen LogP contribution is -2.19. The Labute approximate surface area is 202 Å². The number of carbonyl (C=O) groups excluding carboxylic acids is 3. The average Bonchev–Trinajstić information content (AvgIpc) is 2.78. The highest BCUT2D eigenvalue weighted by Gasteiger charge is 2.07. The van der Waals surface area contributed by atoms with Crippen LogP contribution in [0.15, 0.2) is 77.7 Å². The number of amides is 1. The van der Waals surface area contributed by atoms with Gasteiger partial charge in [-0.3, -0.25) is 14.4 Å². The Morgan fingerprint density at radius 3 is 1.79 bits per heavy atom. The Hall–Kier alpha value is -3.49. The molecular weight excluding hydrogens is 454 g/mol. The predicted molar refractivity (Wildman–Crippen MR) is 139 cm³/mol. The number of carbonyl (C=O) groups is 3. The number of rotatable bonds is 8. The molecule has 168 valence electrons. The Morgan fingerprint density at radius 2 is 1.24 bits per heavy atom. The maximum atomic E-state index is 12.3. The summed E-state index contributed by atoms with van der Waals surface area (Å²) in [5, 5.41) is 9.44. The summed E-state index contributed by atoms with van der Waals surface area (Å²) < 4.78 is 0. The van der Waals surface area contributed by atoms with Crippen molar-refractivity contribution >= 4 is 63.6 Å². The van der Waals surface area contributed by atoms with E-state index in [-0.39, 0.29) is 23.2 Å². The summed E-state index contributed by atoms with van der Waals surface area (Å²) in [5.74, 6) is 0.0945. The van der Waals surface area contributed by atoms with E-state index in [0.717, 1.165) is 16.3 Å². The van der Waals surface area contributed by atoms with Crippen molar-refractivity contribution in [2.75, 3.05) is 21.7 Å². The molecule has 0 unspecified atom stereocenters. The topological polar surface area (TPSA) is 87.3 Å². The molecule has 0 radical (unpaired) electrons. The number of Topliss-reactive ketones (excluding diaryl/α,β-unsaturated/α-hetero) is 2. The Balaban J connectivity index is 1.50. The van der Waals surface area contributed by atoms with E-state index in [1.807, 2.05) is 24.3 Å². The molecule has 6 nitrogen and oxygen atoms in total. The van der Waals surface area contributed by atoms with E-state index in [1.54, 1.807) is 48.5 Å². The van der Waals surface area contributed by atoms with Gasteiger partial charge in [0, 0.05) is 33.1 Å². The number of thiocarbonyl (C=S) groups is 1. The molecule has 0 aliphatic carbocycles. The maximum Gasteiger partial charge on any atom is 0.234 e. The third kappa shape index (κ3) is 7.55. The molecule has 3 aromatic rings. The molecule has 0 saturated carbocycles. The summed E-state index contributed by atoms with van der Waals surface area (Å²) in [5.41, 5.74) is 3.45. The van der Waals surface area contributed by atoms with Crippen molar-refractivity contribution in [1.82, 2.24) is 0 Å². The third-order valence-corrected chi connectivity index (χ3v) is 5.78. The van der Waals surface area contributed by atoms with E-state index in [4.69, 9.17) is 12.2 Å². The van der Waals surface area contributed by atoms with Crippen molar-refractivity contribution in [3.63, 3.8) is 0 Å². The van der Waals surface area contributed by atoms with Gasteiger partial charge in [0.25, 0.3) is 0 Å². The fourth-order valence-corrected chi connectivity index (χ4v) is 3.87. The molecule has 0 fully saturated rings. The second-order valence-electron chi connectivity index (χ2n) is 7.21. The Morgan fingerprint density at radius 1 is 0.727 bits per heavy atom. The molecule has 3 N–H and O–H groups in total. The van der Waals surface area contributed by atoms with Crippen LogP contribution in [0, 0.1) is 0 Å². The fourth-order valence-electron chi connectivity index (χ4n) is 2.88. The molecule has 0 saturated heterocycles. The summed E-state index contributed by atoms with van der Waals surface area (Å²) in [4.78, 5) is 35.9. The summed E-state index contributed by atoms with van der Waals surface area (Å²) in [7, 11) is 0. The van der Waals surface area contributed by atoms with Gasteiger partial charge in [0.15, 0.2) is 16.7 Å². The number of thioether (sulfide) groups is 1. The first kappa shape index (κ1) is 24.2. The molecule has 0 aromatic heterocycles. The number of benzene rings is 3. The summed E-state index contributed by atoms with van der Waals surface area (Å²) in [6.07, 6.45) is 0. The van der Waals surface area contributed by atoms with E-state index in [2.05, 4.69) is 16.0 Å². The Bertz CT molecular complexity index is 1180. The third-order valence-electron chi connectivity index (χ3n) is 4.59. The van der Waals surface area contributed by atoms with Crippen molar-refractivity contribution in [1.29, 1.82) is 0 Å². The molecule has 8 heteroatoms. The Kier molecular flexibility index (Phi) is 8.34. The number of hydrogen-bond donors (Lipinski definition) is 3. The summed E-state index contributed by atoms with van der Waals surface area (Å²) in [6.45, 7) is 3.03. The van der Waals surface area contributed by atoms with Gasteiger partial charge in [0.2, 0.25) is 5.91 Å². The average molecular weight is 478 g/mol. The van der Waals surface area contributed by atoms with Crippen LogP contribution in [-0.4, -0.2) is 28.3 Å². The normalized spacial score (nSPS) is 10.2. The first-order chi connectivity index (χ1) is 15.8. The zero-order valence-electron chi connectivity index (χ0n) is 18.2. The minimum absolute atomic E-state index is 0.0103. The monoisotopic (exact) mass is 477 g/mol. The standard InChI is InChI=1S/C25H23N3O3S2/c1-16(29)18-6-10-20(11-7-18)26-24(31)15-33-23-5-3-4-22(14-23)28-25(32)27-21-12-8-19(9-13-21)17(2)30/h3-14H,15H2,1-2H3,(H,26,31)(H2,27,28,32). The van der Waals surface area contributed by atoms with Crippen molar-refractivity contribution in [2.45, 2.75) is 18.7 Å². The van der Waals surface area contributed by atoms with Crippen LogP contribution >= 0.6 is 24.0 Å². The van der Waals surface area contributed by atoms with Crippen LogP contribution in [0.3, 0.4) is 0 Å². The van der Waals surface area contributed by atoms with Crippen molar-refractivity contribution in [2.24, 2.45) is 0 Å². The van der Waals surface area contributed by atoms with E-state index >= 15 is 0 Å². The smallest absolute Gasteiger partial charge is 0.234 e. The first-order valence-electron chi connectivity index (χ1n) is 10.1. The summed E-state index contributed by atoms with van der Waals surface area (Å²) >= 11 is 6.77. The first-order valence-corrected chi connectivity index (χ1v) is 11.5. The minimum atomic E-state index is -0.139. The molecule has 0 aliphatic rings. The van der Waals surface area contributed by atoms with Crippen LogP contribution in [0.1, 0.15) is 34.6 Å². The molecular formula is C25H23N3O3S2. The van der Waals surface area contributed by atoms with Crippen molar-refractivity contribution in [3.05, 3.63) is 83.9 Å². The lowest BCUT2D eigenvalue weighted by molar-refractivity contribution is -0.113. The molecule has 3 rings (SSSR count). The number of nitrogens with one attached hydrogen (secondary N) is 3. The molecule has 3 aromatic carbocycles. The largest absolute Gasteiger partial charge is 0.332 e. The lowest BCUT2D eigenvalue weighted by Gasteiger charge is -2.12. The van der Waals surface area contributed by atoms with Crippen LogP contribution in [0.4, 0.5) is 17.1 Å². The van der Waals surface area contributed by atoms with Gasteiger partial charge in [-0.2, -0.15) is 0 Å². The molecule has 0 atom stereocenters. The van der Waals surface area contributed by atoms with Crippen LogP contribution in [0.25, 0.3) is 0 Å². The van der Waals surface area contributed by atoms with Crippen LogP contribution in [-0.2, 0) is 4.79 Å². The van der Waals surface area contributed by atoms with Crippen LogP contribution < -0.4 is 16.0 Å². The number of ketones is 2. The second kappa shape index (κ2) is 11.4. The maximum absolute atomic E-state index is 12.3. The quantitative estimate of drug-likeness (QED) is 0.220. The van der Waals surface area contributed by atoms with E-state index in [9.17, 15) is 14.4 Å². The zero-order chi connectivity index (χ0) is 23.8. The number of hydrogen-bond acceptors (Lipinski definition) is 5. The second-order valence-corrected chi connectivity index (χ2v) is 8.67. The van der Waals surface area contributed by atoms with Gasteiger partial charge in [0.1, 0.15) is 0 Å². The van der Waals surface area contributed by atoms with Gasteiger partial charge in [-0.15, -0.1) is 11.8 Å². The molecule has 0 bridgehead atoms. The van der Waals surface area contributed by atoms with Gasteiger partial charge in [-0.05, 0) is 92.8 Å². The molecule has 0 heterocycles. The SMILES string of the molecule is CC(=O)c1ccc(NC(=O)CSc2cccc(NC(=S)Nc3ccc(C(C)=O)cc3)c2)cc1. The summed E-state index contributed by atoms with van der Waals surface area (Å²) in [6, 6.07) is 21.5. The highest BCUT2D eigenvalue weighted by Crippen LogP contribution is 2.22. The van der Waals surface area contributed by atoms with Crippen molar-refractivity contribution < 1.29 is 14.4 Å². The molecule has 33 heavy (non-hydrogen) atoms. The van der Waals surface area contributed by atoms with Crippen LogP contribution in [0.5, 0.6) is 0 Å². The van der Waals surface area contributed by atoms with E-state index < -0.39 is 0 Å². The predicted octanol–water partition coefficient (Wildman–Crippen LogP) is 5.63. The van der Waals surface area contributed by atoms with Gasteiger partial charge < -0.3 is 16.0 Å². The van der Waals surface area contributed by atoms with Gasteiger partial charge in [-0.25, -0.2) is 0 Å². The van der Waals surface area contributed by atoms with E-state index in [0.29, 0.717) is 21.9 Å². The van der Waals surface area contributed by atoms with Crippen LogP contribution in [0.2, 0.25) is 0 Å².